The number of likely N-dealkylation sites (tertiary alicyclic amines) is 1. The van der Waals surface area contributed by atoms with Crippen LogP contribution >= 0.6 is 0 Å². The van der Waals surface area contributed by atoms with Crippen molar-refractivity contribution in [1.29, 1.82) is 0 Å². The molecule has 0 aromatic carbocycles. The maximum Gasteiger partial charge on any atom is 0.287 e. The minimum Gasteiger partial charge on any atom is -0.363 e. The molecule has 1 heterocycles. The first-order chi connectivity index (χ1) is 14.3. The van der Waals surface area contributed by atoms with Crippen LogP contribution in [-0.2, 0) is 19.2 Å². The highest BCUT2D eigenvalue weighted by Gasteiger charge is 2.42. The maximum atomic E-state index is 13.1. The lowest BCUT2D eigenvalue weighted by Gasteiger charge is -2.33. The Morgan fingerprint density at radius 3 is 2.30 bits per heavy atom. The third-order valence-electron chi connectivity index (χ3n) is 7.02. The van der Waals surface area contributed by atoms with E-state index >= 15 is 0 Å². The van der Waals surface area contributed by atoms with Gasteiger partial charge in [0, 0.05) is 6.54 Å². The van der Waals surface area contributed by atoms with Gasteiger partial charge in [0.05, 0.1) is 12.1 Å². The van der Waals surface area contributed by atoms with Crippen LogP contribution in [0.3, 0.4) is 0 Å². The molecule has 3 atom stereocenters. The fourth-order valence-corrected chi connectivity index (χ4v) is 4.92. The summed E-state index contributed by atoms with van der Waals surface area (Å²) in [6, 6.07) is -2.46. The molecule has 0 aromatic heterocycles. The van der Waals surface area contributed by atoms with Gasteiger partial charge in [0.15, 0.2) is 0 Å². The summed E-state index contributed by atoms with van der Waals surface area (Å²) in [5.41, 5.74) is 12.1. The van der Waals surface area contributed by atoms with Gasteiger partial charge in [0.2, 0.25) is 17.6 Å². The Hall–Kier alpha value is -2.22. The Morgan fingerprint density at radius 2 is 1.73 bits per heavy atom. The van der Waals surface area contributed by atoms with Crippen molar-refractivity contribution < 1.29 is 19.2 Å². The molecular weight excluding hydrogens is 384 g/mol. The smallest absolute Gasteiger partial charge is 0.287 e. The molecule has 8 heteroatoms. The Bertz CT molecular complexity index is 712. The fraction of sp³-hybridized carbons (Fsp3) is 0.727. The zero-order chi connectivity index (χ0) is 21.8. The predicted octanol–water partition coefficient (Wildman–Crippen LogP) is 0.781. The average molecular weight is 419 g/mol. The van der Waals surface area contributed by atoms with Gasteiger partial charge >= 0.3 is 0 Å². The molecule has 3 aliphatic rings. The van der Waals surface area contributed by atoms with Crippen molar-refractivity contribution >= 4 is 23.5 Å². The summed E-state index contributed by atoms with van der Waals surface area (Å²) in [5, 5.41) is 2.69. The van der Waals surface area contributed by atoms with Crippen LogP contribution in [0.5, 0.6) is 0 Å². The molecule has 0 bridgehead atoms. The Labute approximate surface area is 177 Å². The molecule has 166 valence electrons. The molecule has 30 heavy (non-hydrogen) atoms. The van der Waals surface area contributed by atoms with Gasteiger partial charge in [-0.05, 0) is 43.1 Å². The molecule has 1 aliphatic heterocycles. The molecule has 1 unspecified atom stereocenters. The van der Waals surface area contributed by atoms with E-state index < -0.39 is 35.7 Å². The quantitative estimate of drug-likeness (QED) is 0.395. The lowest BCUT2D eigenvalue weighted by Crippen LogP contribution is -2.56. The number of nitrogens with one attached hydrogen (secondary N) is 1. The van der Waals surface area contributed by atoms with Gasteiger partial charge in [-0.1, -0.05) is 45.1 Å². The van der Waals surface area contributed by atoms with Crippen molar-refractivity contribution in [3.63, 3.8) is 0 Å². The second kappa shape index (κ2) is 9.73. The van der Waals surface area contributed by atoms with E-state index in [1.165, 1.54) is 11.3 Å². The fourth-order valence-electron chi connectivity index (χ4n) is 4.92. The number of Topliss-reactive ketones (excluding diaryl/α,β-unsaturated/α-hetero) is 1. The second-order valence-electron chi connectivity index (χ2n) is 9.09. The van der Waals surface area contributed by atoms with Crippen LogP contribution in [0.1, 0.15) is 64.2 Å². The molecule has 0 radical (unpaired) electrons. The molecule has 1 saturated heterocycles. The van der Waals surface area contributed by atoms with E-state index in [1.54, 1.807) is 0 Å². The summed E-state index contributed by atoms with van der Waals surface area (Å²) in [4.78, 5) is 51.4. The molecule has 0 aromatic rings. The van der Waals surface area contributed by atoms with Gasteiger partial charge in [-0.3, -0.25) is 19.2 Å². The van der Waals surface area contributed by atoms with Gasteiger partial charge in [-0.2, -0.15) is 0 Å². The van der Waals surface area contributed by atoms with Gasteiger partial charge in [0.25, 0.3) is 5.91 Å². The van der Waals surface area contributed by atoms with Crippen LogP contribution < -0.4 is 16.8 Å². The number of ketones is 1. The molecule has 8 nitrogen and oxygen atoms in total. The second-order valence-corrected chi connectivity index (χ2v) is 9.09. The van der Waals surface area contributed by atoms with Gasteiger partial charge < -0.3 is 21.7 Å². The summed E-state index contributed by atoms with van der Waals surface area (Å²) >= 11 is 0. The van der Waals surface area contributed by atoms with E-state index in [0.29, 0.717) is 30.9 Å². The largest absolute Gasteiger partial charge is 0.363 e. The van der Waals surface area contributed by atoms with E-state index in [2.05, 4.69) is 11.9 Å². The van der Waals surface area contributed by atoms with Crippen molar-refractivity contribution in [2.75, 3.05) is 6.54 Å². The first-order valence-corrected chi connectivity index (χ1v) is 11.2. The Morgan fingerprint density at radius 1 is 1.07 bits per heavy atom. The highest BCUT2D eigenvalue weighted by molar-refractivity contribution is 6.37. The van der Waals surface area contributed by atoms with E-state index in [-0.39, 0.29) is 11.8 Å². The number of primary amides is 1. The summed E-state index contributed by atoms with van der Waals surface area (Å²) in [7, 11) is 0. The number of amides is 3. The minimum atomic E-state index is -1.06. The van der Waals surface area contributed by atoms with Crippen molar-refractivity contribution in [2.45, 2.75) is 82.3 Å². The Kier molecular flexibility index (Phi) is 7.28. The SMILES string of the molecule is C=C1CCN(C(=O)[C@@H](N)C2CCCCC2)[C@@H]1C(=O)NC(CC1CCC1)C(=O)C(N)=O. The monoisotopic (exact) mass is 418 g/mol. The zero-order valence-electron chi connectivity index (χ0n) is 17.6. The first kappa shape index (κ1) is 22.5. The number of hydrogen-bond donors (Lipinski definition) is 3. The third kappa shape index (κ3) is 4.91. The summed E-state index contributed by atoms with van der Waals surface area (Å²) < 4.78 is 0. The molecule has 5 N–H and O–H groups in total. The van der Waals surface area contributed by atoms with E-state index in [9.17, 15) is 19.2 Å². The van der Waals surface area contributed by atoms with Gasteiger partial charge in [-0.15, -0.1) is 0 Å². The Balaban J connectivity index is 1.69. The molecule has 3 amide bonds. The summed E-state index contributed by atoms with van der Waals surface area (Å²) in [5.74, 6) is -2.15. The number of carbonyl (C=O) groups is 4. The van der Waals surface area contributed by atoms with Crippen molar-refractivity contribution in [1.82, 2.24) is 10.2 Å². The van der Waals surface area contributed by atoms with Crippen LogP contribution in [0, 0.1) is 11.8 Å². The topological polar surface area (TPSA) is 136 Å². The number of rotatable bonds is 8. The average Bonchev–Trinajstić information content (AvgIpc) is 3.09. The summed E-state index contributed by atoms with van der Waals surface area (Å²) in [6.45, 7) is 4.35. The summed E-state index contributed by atoms with van der Waals surface area (Å²) in [6.07, 6.45) is 9.08. The van der Waals surface area contributed by atoms with Crippen LogP contribution in [-0.4, -0.2) is 53.1 Å². The normalized spacial score (nSPS) is 24.8. The zero-order valence-corrected chi connectivity index (χ0v) is 17.6. The van der Waals surface area contributed by atoms with Crippen molar-refractivity contribution in [2.24, 2.45) is 23.3 Å². The molecular formula is C22H34N4O4. The lowest BCUT2D eigenvalue weighted by molar-refractivity contribution is -0.142. The standard InChI is InChI=1S/C22H34N4O4/c1-13-10-11-26(22(30)17(23)15-8-3-2-4-9-15)18(13)21(29)25-16(19(27)20(24)28)12-14-6-5-7-14/h14-18H,1-12,23H2,(H2,24,28)(H,25,29)/t16?,17-,18-/m0/s1. The maximum absolute atomic E-state index is 13.1. The van der Waals surface area contributed by atoms with Crippen molar-refractivity contribution in [3.05, 3.63) is 12.2 Å². The number of hydrogen-bond acceptors (Lipinski definition) is 5. The highest BCUT2D eigenvalue weighted by atomic mass is 16.2. The highest BCUT2D eigenvalue weighted by Crippen LogP contribution is 2.32. The van der Waals surface area contributed by atoms with E-state index in [4.69, 9.17) is 11.5 Å². The number of nitrogens with zero attached hydrogens (tertiary/aromatic N) is 1. The molecule has 0 spiro atoms. The third-order valence-corrected chi connectivity index (χ3v) is 7.02. The first-order valence-electron chi connectivity index (χ1n) is 11.2. The van der Waals surface area contributed by atoms with Gasteiger partial charge in [0.1, 0.15) is 6.04 Å². The number of nitrogens with two attached hydrogens (primary N) is 2. The van der Waals surface area contributed by atoms with Crippen molar-refractivity contribution in [3.8, 4) is 0 Å². The number of carbonyl (C=O) groups excluding carboxylic acids is 4. The molecule has 2 aliphatic carbocycles. The minimum absolute atomic E-state index is 0.131. The van der Waals surface area contributed by atoms with Crippen LogP contribution in [0.2, 0.25) is 0 Å². The van der Waals surface area contributed by atoms with E-state index in [0.717, 1.165) is 44.9 Å². The molecule has 3 fully saturated rings. The van der Waals surface area contributed by atoms with Crippen LogP contribution in [0.15, 0.2) is 12.2 Å². The van der Waals surface area contributed by atoms with Crippen LogP contribution in [0.4, 0.5) is 0 Å². The lowest BCUT2D eigenvalue weighted by atomic mass is 9.80. The predicted molar refractivity (Wildman–Crippen MR) is 112 cm³/mol. The van der Waals surface area contributed by atoms with Gasteiger partial charge in [-0.25, -0.2) is 0 Å². The van der Waals surface area contributed by atoms with Crippen LogP contribution in [0.25, 0.3) is 0 Å². The molecule has 3 rings (SSSR count). The van der Waals surface area contributed by atoms with E-state index in [1.807, 2.05) is 0 Å². The molecule has 2 saturated carbocycles.